The summed E-state index contributed by atoms with van der Waals surface area (Å²) in [5.74, 6) is -1.11. The lowest BCUT2D eigenvalue weighted by Gasteiger charge is -2.43. The first-order valence-corrected chi connectivity index (χ1v) is 6.22. The fourth-order valence-electron chi connectivity index (χ4n) is 2.82. The molecule has 3 atom stereocenters. The number of carbonyl (C=O) groups excluding carboxylic acids is 2. The average molecular weight is 262 g/mol. The van der Waals surface area contributed by atoms with Gasteiger partial charge in [-0.15, -0.1) is 0 Å². The molecule has 2 heterocycles. The molecule has 2 aliphatic heterocycles. The van der Waals surface area contributed by atoms with E-state index >= 15 is 0 Å². The summed E-state index contributed by atoms with van der Waals surface area (Å²) in [7, 11) is 0. The van der Waals surface area contributed by atoms with Crippen molar-refractivity contribution in [1.82, 2.24) is 5.32 Å². The number of hydrogen-bond donors (Lipinski definition) is 2. The number of amides is 2. The van der Waals surface area contributed by atoms with Gasteiger partial charge < -0.3 is 15.6 Å². The minimum Gasteiger partial charge on any atom is -0.624 e. The molecule has 0 aliphatic carbocycles. The number of carbonyl (C=O) groups is 2. The van der Waals surface area contributed by atoms with Crippen LogP contribution in [0.25, 0.3) is 0 Å². The fourth-order valence-corrected chi connectivity index (χ4v) is 2.82. The zero-order valence-electron chi connectivity index (χ0n) is 10.2. The topological polar surface area (TPSA) is 89.5 Å². The first-order chi connectivity index (χ1) is 9.02. The highest BCUT2D eigenvalue weighted by Crippen LogP contribution is 2.34. The van der Waals surface area contributed by atoms with Gasteiger partial charge in [-0.05, 0) is 12.5 Å². The van der Waals surface area contributed by atoms with Crippen LogP contribution in [-0.2, 0) is 11.3 Å². The van der Waals surface area contributed by atoms with Crippen molar-refractivity contribution < 1.29 is 19.3 Å². The van der Waals surface area contributed by atoms with Gasteiger partial charge in [0.25, 0.3) is 5.91 Å². The van der Waals surface area contributed by atoms with Crippen LogP contribution >= 0.6 is 0 Å². The van der Waals surface area contributed by atoms with Gasteiger partial charge in [-0.3, -0.25) is 9.44 Å². The quantitative estimate of drug-likeness (QED) is 0.561. The second-order valence-corrected chi connectivity index (χ2v) is 5.03. The van der Waals surface area contributed by atoms with Crippen molar-refractivity contribution in [3.05, 3.63) is 40.6 Å². The number of nitrogens with one attached hydrogen (secondary N) is 1. The van der Waals surface area contributed by atoms with E-state index in [0.29, 0.717) is 17.5 Å². The molecule has 0 radical (unpaired) electrons. The third kappa shape index (κ3) is 1.76. The summed E-state index contributed by atoms with van der Waals surface area (Å²) in [6.45, 7) is -0.0107. The van der Waals surface area contributed by atoms with Gasteiger partial charge in [-0.25, -0.2) is 4.79 Å². The van der Waals surface area contributed by atoms with E-state index in [1.807, 2.05) is 0 Å². The second kappa shape index (κ2) is 4.12. The van der Waals surface area contributed by atoms with Crippen molar-refractivity contribution in [2.24, 2.45) is 0 Å². The number of hydrogen-bond acceptors (Lipinski definition) is 4. The molecule has 6 heteroatoms. The third-order valence-corrected chi connectivity index (χ3v) is 3.83. The van der Waals surface area contributed by atoms with Crippen LogP contribution < -0.4 is 5.32 Å². The van der Waals surface area contributed by atoms with Crippen molar-refractivity contribution >= 4 is 11.8 Å². The fraction of sp³-hybridized carbons (Fsp3) is 0.385. The Morgan fingerprint density at radius 1 is 1.26 bits per heavy atom. The molecule has 0 spiro atoms. The number of benzene rings is 1. The molecule has 0 aromatic heterocycles. The molecule has 3 unspecified atom stereocenters. The average Bonchev–Trinajstić information content (AvgIpc) is 2.63. The Kier molecular flexibility index (Phi) is 2.67. The minimum absolute atomic E-state index is 0.0107. The van der Waals surface area contributed by atoms with Gasteiger partial charge in [-0.1, -0.05) is 18.2 Å². The molecule has 2 aliphatic rings. The number of aliphatic hydroxyl groups excluding tert-OH is 1. The monoisotopic (exact) mass is 262 g/mol. The van der Waals surface area contributed by atoms with Gasteiger partial charge in [0.2, 0.25) is 0 Å². The lowest BCUT2D eigenvalue weighted by atomic mass is 10.0. The summed E-state index contributed by atoms with van der Waals surface area (Å²) in [5, 5.41) is 24.5. The number of aliphatic hydroxyl groups is 1. The number of fused-ring (bicyclic) bond motifs is 1. The van der Waals surface area contributed by atoms with E-state index in [1.165, 1.54) is 0 Å². The maximum atomic E-state index is 12.8. The first kappa shape index (κ1) is 12.3. The molecule has 1 aromatic carbocycles. The predicted octanol–water partition coefficient (Wildman–Crippen LogP) is 0.252. The molecule has 6 nitrogen and oxygen atoms in total. The smallest absolute Gasteiger partial charge is 0.347 e. The Morgan fingerprint density at radius 2 is 2.00 bits per heavy atom. The van der Waals surface area contributed by atoms with Gasteiger partial charge in [0.15, 0.2) is 6.04 Å². The van der Waals surface area contributed by atoms with Crippen molar-refractivity contribution in [2.75, 3.05) is 0 Å². The molecular weight excluding hydrogens is 248 g/mol. The number of piperidine rings is 1. The minimum atomic E-state index is -1.17. The molecule has 2 N–H and O–H groups in total. The summed E-state index contributed by atoms with van der Waals surface area (Å²) >= 11 is 0. The zero-order valence-corrected chi connectivity index (χ0v) is 10.2. The Bertz CT molecular complexity index is 559. The van der Waals surface area contributed by atoms with Crippen LogP contribution in [0.3, 0.4) is 0 Å². The Morgan fingerprint density at radius 3 is 2.68 bits per heavy atom. The molecule has 1 saturated heterocycles. The summed E-state index contributed by atoms with van der Waals surface area (Å²) in [5.41, 5.74) is 1.08. The van der Waals surface area contributed by atoms with Gasteiger partial charge in [0.1, 0.15) is 12.8 Å². The van der Waals surface area contributed by atoms with Crippen LogP contribution in [0.1, 0.15) is 28.8 Å². The van der Waals surface area contributed by atoms with E-state index in [-0.39, 0.29) is 13.0 Å². The van der Waals surface area contributed by atoms with Crippen molar-refractivity contribution in [3.63, 3.8) is 0 Å². The van der Waals surface area contributed by atoms with Crippen LogP contribution in [0.4, 0.5) is 0 Å². The molecule has 0 bridgehead atoms. The van der Waals surface area contributed by atoms with E-state index in [9.17, 15) is 19.9 Å². The number of rotatable bonds is 1. The summed E-state index contributed by atoms with van der Waals surface area (Å²) in [4.78, 5) is 24.1. The number of quaternary nitrogens is 1. The summed E-state index contributed by atoms with van der Waals surface area (Å²) in [6.07, 6.45) is -0.408. The normalized spacial score (nSPS) is 34.0. The van der Waals surface area contributed by atoms with Gasteiger partial charge in [0.05, 0.1) is 5.56 Å². The lowest BCUT2D eigenvalue weighted by molar-refractivity contribution is -0.825. The van der Waals surface area contributed by atoms with Crippen LogP contribution in [0, 0.1) is 5.21 Å². The van der Waals surface area contributed by atoms with Gasteiger partial charge >= 0.3 is 5.91 Å². The molecule has 1 aromatic rings. The summed E-state index contributed by atoms with van der Waals surface area (Å²) < 4.78 is -1.17. The van der Waals surface area contributed by atoms with Crippen LogP contribution in [0.5, 0.6) is 0 Å². The zero-order chi connectivity index (χ0) is 13.6. The highest BCUT2D eigenvalue weighted by Gasteiger charge is 2.49. The molecule has 0 saturated carbocycles. The van der Waals surface area contributed by atoms with Crippen molar-refractivity contribution in [3.8, 4) is 0 Å². The van der Waals surface area contributed by atoms with Crippen molar-refractivity contribution in [1.29, 1.82) is 0 Å². The maximum absolute atomic E-state index is 12.8. The molecule has 100 valence electrons. The molecule has 3 rings (SSSR count). The first-order valence-electron chi connectivity index (χ1n) is 6.22. The van der Waals surface area contributed by atoms with E-state index in [4.69, 9.17) is 0 Å². The molecule has 1 fully saturated rings. The predicted molar refractivity (Wildman–Crippen MR) is 65.3 cm³/mol. The lowest BCUT2D eigenvalue weighted by Crippen LogP contribution is -2.61. The molecular formula is C13H14N2O4. The molecule has 2 amide bonds. The standard InChI is InChI=1S/C13H14N2O4/c16-11-6-5-10(12(17)14-11)15(19)7-8-3-1-2-4-9(8)13(15)18/h1-4,10-11,16H,5-7H2,(H,14,17). The number of hydroxylamine groups is 3. The Balaban J connectivity index is 1.94. The SMILES string of the molecule is O=C1NC(O)CCC1[N+]1([O-])Cc2ccccc2C1=O. The van der Waals surface area contributed by atoms with Gasteiger partial charge in [-0.2, -0.15) is 0 Å². The second-order valence-electron chi connectivity index (χ2n) is 5.03. The van der Waals surface area contributed by atoms with E-state index < -0.39 is 28.7 Å². The van der Waals surface area contributed by atoms with Gasteiger partial charge in [0, 0.05) is 12.0 Å². The highest BCUT2D eigenvalue weighted by molar-refractivity contribution is 5.95. The van der Waals surface area contributed by atoms with E-state index in [2.05, 4.69) is 5.32 Å². The summed E-state index contributed by atoms with van der Waals surface area (Å²) in [6, 6.07) is 5.86. The molecule has 19 heavy (non-hydrogen) atoms. The van der Waals surface area contributed by atoms with Crippen LogP contribution in [0.15, 0.2) is 24.3 Å². The Hall–Kier alpha value is -1.76. The number of nitrogens with zero attached hydrogens (tertiary/aromatic N) is 1. The third-order valence-electron chi connectivity index (χ3n) is 3.83. The Labute approximate surface area is 109 Å². The van der Waals surface area contributed by atoms with E-state index in [0.717, 1.165) is 0 Å². The van der Waals surface area contributed by atoms with E-state index in [1.54, 1.807) is 24.3 Å². The van der Waals surface area contributed by atoms with Crippen LogP contribution in [-0.4, -0.2) is 33.8 Å². The highest BCUT2D eigenvalue weighted by atomic mass is 16.6. The van der Waals surface area contributed by atoms with Crippen molar-refractivity contribution in [2.45, 2.75) is 31.7 Å². The maximum Gasteiger partial charge on any atom is 0.347 e. The largest absolute Gasteiger partial charge is 0.624 e. The van der Waals surface area contributed by atoms with Crippen LogP contribution in [0.2, 0.25) is 0 Å².